The van der Waals surface area contributed by atoms with Gasteiger partial charge in [-0.3, -0.25) is 14.6 Å². The van der Waals surface area contributed by atoms with Crippen molar-refractivity contribution in [2.75, 3.05) is 19.6 Å². The maximum atomic E-state index is 13.5. The largest absolute Gasteiger partial charge is 0.336 e. The van der Waals surface area contributed by atoms with Gasteiger partial charge in [0, 0.05) is 43.6 Å². The standard InChI is InChI=1S/C21H22FN3O2/c1-14-9-16(5-7-19(14)22)21(27)25-12-15-4-6-18(25)13-24(11-15)20(26)17-3-2-8-23-10-17/h2-3,5,7-10,15,18H,4,6,11-13H2,1H3/t15-,18+/m0/s1. The van der Waals surface area contributed by atoms with E-state index in [1.165, 1.54) is 6.07 Å². The molecule has 0 spiro atoms. The summed E-state index contributed by atoms with van der Waals surface area (Å²) in [5.74, 6) is -0.164. The summed E-state index contributed by atoms with van der Waals surface area (Å²) in [7, 11) is 0. The van der Waals surface area contributed by atoms with Crippen LogP contribution in [-0.2, 0) is 0 Å². The SMILES string of the molecule is Cc1cc(C(=O)N2C[C@H]3CC[C@@H]2CN(C(=O)c2cccnc2)C3)ccc1F. The van der Waals surface area contributed by atoms with Crippen molar-refractivity contribution in [3.63, 3.8) is 0 Å². The highest BCUT2D eigenvalue weighted by Crippen LogP contribution is 2.30. The van der Waals surface area contributed by atoms with Crippen LogP contribution in [0.15, 0.2) is 42.7 Å². The van der Waals surface area contributed by atoms with Crippen LogP contribution in [0.5, 0.6) is 0 Å². The number of carbonyl (C=O) groups excluding carboxylic acids is 2. The molecule has 0 aliphatic carbocycles. The molecule has 5 nitrogen and oxygen atoms in total. The van der Waals surface area contributed by atoms with Gasteiger partial charge in [0.2, 0.25) is 0 Å². The van der Waals surface area contributed by atoms with Crippen LogP contribution in [0, 0.1) is 18.7 Å². The summed E-state index contributed by atoms with van der Waals surface area (Å²) in [4.78, 5) is 33.6. The van der Waals surface area contributed by atoms with Crippen LogP contribution in [-0.4, -0.2) is 52.3 Å². The fourth-order valence-electron chi connectivity index (χ4n) is 4.11. The van der Waals surface area contributed by atoms with E-state index < -0.39 is 0 Å². The van der Waals surface area contributed by atoms with E-state index in [9.17, 15) is 14.0 Å². The number of amides is 2. The molecular formula is C21H22FN3O2. The Kier molecular flexibility index (Phi) is 4.64. The van der Waals surface area contributed by atoms with Crippen LogP contribution in [0.25, 0.3) is 0 Å². The molecule has 3 saturated heterocycles. The molecular weight excluding hydrogens is 345 g/mol. The van der Waals surface area contributed by atoms with Gasteiger partial charge in [-0.05, 0) is 61.6 Å². The van der Waals surface area contributed by atoms with Crippen molar-refractivity contribution in [2.24, 2.45) is 5.92 Å². The number of rotatable bonds is 2. The average Bonchev–Trinajstić information content (AvgIpc) is 3.01. The van der Waals surface area contributed by atoms with E-state index >= 15 is 0 Å². The number of hydrogen-bond donors (Lipinski definition) is 0. The summed E-state index contributed by atoms with van der Waals surface area (Å²) >= 11 is 0. The molecule has 0 unspecified atom stereocenters. The molecule has 3 aliphatic heterocycles. The topological polar surface area (TPSA) is 53.5 Å². The molecule has 2 amide bonds. The highest BCUT2D eigenvalue weighted by atomic mass is 19.1. The Morgan fingerprint density at radius 3 is 2.67 bits per heavy atom. The van der Waals surface area contributed by atoms with Crippen molar-refractivity contribution in [1.29, 1.82) is 0 Å². The summed E-state index contributed by atoms with van der Waals surface area (Å²) in [6.45, 7) is 3.47. The van der Waals surface area contributed by atoms with Gasteiger partial charge in [0.05, 0.1) is 5.56 Å². The first-order valence-corrected chi connectivity index (χ1v) is 9.29. The molecule has 27 heavy (non-hydrogen) atoms. The van der Waals surface area contributed by atoms with Crippen LogP contribution >= 0.6 is 0 Å². The lowest BCUT2D eigenvalue weighted by atomic mass is 9.94. The number of pyridine rings is 1. The van der Waals surface area contributed by atoms with Gasteiger partial charge in [0.25, 0.3) is 11.8 Å². The van der Waals surface area contributed by atoms with E-state index in [4.69, 9.17) is 0 Å². The fourth-order valence-corrected chi connectivity index (χ4v) is 4.11. The third kappa shape index (κ3) is 3.44. The minimum absolute atomic E-state index is 0.0118. The molecule has 2 atom stereocenters. The van der Waals surface area contributed by atoms with Crippen LogP contribution < -0.4 is 0 Å². The van der Waals surface area contributed by atoms with Gasteiger partial charge in [0.15, 0.2) is 0 Å². The van der Waals surface area contributed by atoms with Crippen LogP contribution in [0.4, 0.5) is 4.39 Å². The molecule has 0 saturated carbocycles. The van der Waals surface area contributed by atoms with Crippen molar-refractivity contribution >= 4 is 11.8 Å². The normalized spacial score (nSPS) is 21.9. The number of hydrogen-bond acceptors (Lipinski definition) is 3. The predicted octanol–water partition coefficient (Wildman–Crippen LogP) is 2.91. The third-order valence-electron chi connectivity index (χ3n) is 5.57. The van der Waals surface area contributed by atoms with E-state index in [1.807, 2.05) is 9.80 Å². The number of halogens is 1. The first-order chi connectivity index (χ1) is 13.0. The van der Waals surface area contributed by atoms with E-state index in [2.05, 4.69) is 4.98 Å². The van der Waals surface area contributed by atoms with Crippen molar-refractivity contribution in [1.82, 2.24) is 14.8 Å². The highest BCUT2D eigenvalue weighted by Gasteiger charge is 2.39. The quantitative estimate of drug-likeness (QED) is 0.820. The van der Waals surface area contributed by atoms with Crippen LogP contribution in [0.2, 0.25) is 0 Å². The zero-order chi connectivity index (χ0) is 19.0. The Balaban J connectivity index is 1.55. The highest BCUT2D eigenvalue weighted by molar-refractivity contribution is 5.95. The molecule has 5 rings (SSSR count). The minimum atomic E-state index is -0.308. The van der Waals surface area contributed by atoms with E-state index in [-0.39, 0.29) is 29.6 Å². The van der Waals surface area contributed by atoms with Gasteiger partial charge in [-0.2, -0.15) is 0 Å². The second-order valence-corrected chi connectivity index (χ2v) is 7.47. The number of carbonyl (C=O) groups is 2. The number of aryl methyl sites for hydroxylation is 1. The summed E-state index contributed by atoms with van der Waals surface area (Å²) in [5, 5.41) is 0. The zero-order valence-electron chi connectivity index (χ0n) is 15.3. The summed E-state index contributed by atoms with van der Waals surface area (Å²) in [6.07, 6.45) is 5.12. The van der Waals surface area contributed by atoms with E-state index in [1.54, 1.807) is 43.6 Å². The summed E-state index contributed by atoms with van der Waals surface area (Å²) in [6, 6.07) is 8.01. The second-order valence-electron chi connectivity index (χ2n) is 7.47. The molecule has 2 bridgehead atoms. The molecule has 6 heteroatoms. The van der Waals surface area contributed by atoms with E-state index in [0.717, 1.165) is 12.8 Å². The van der Waals surface area contributed by atoms with E-state index in [0.29, 0.717) is 36.3 Å². The van der Waals surface area contributed by atoms with Crippen molar-refractivity contribution < 1.29 is 14.0 Å². The average molecular weight is 367 g/mol. The predicted molar refractivity (Wildman–Crippen MR) is 98.8 cm³/mol. The fraction of sp³-hybridized carbons (Fsp3) is 0.381. The lowest BCUT2D eigenvalue weighted by Crippen LogP contribution is -2.47. The Hall–Kier alpha value is -2.76. The number of nitrogens with zero attached hydrogens (tertiary/aromatic N) is 3. The molecule has 2 aromatic rings. The Bertz CT molecular complexity index is 871. The van der Waals surface area contributed by atoms with Crippen molar-refractivity contribution in [3.05, 3.63) is 65.2 Å². The second kappa shape index (κ2) is 7.10. The summed E-state index contributed by atoms with van der Waals surface area (Å²) < 4.78 is 13.5. The zero-order valence-corrected chi connectivity index (χ0v) is 15.3. The van der Waals surface area contributed by atoms with Crippen molar-refractivity contribution in [3.8, 4) is 0 Å². The lowest BCUT2D eigenvalue weighted by Gasteiger charge is -2.36. The number of fused-ring (bicyclic) bond motifs is 4. The minimum Gasteiger partial charge on any atom is -0.336 e. The Morgan fingerprint density at radius 2 is 1.93 bits per heavy atom. The van der Waals surface area contributed by atoms with Crippen LogP contribution in [0.3, 0.4) is 0 Å². The maximum Gasteiger partial charge on any atom is 0.255 e. The van der Waals surface area contributed by atoms with Gasteiger partial charge in [-0.25, -0.2) is 4.39 Å². The molecule has 140 valence electrons. The monoisotopic (exact) mass is 367 g/mol. The third-order valence-corrected chi connectivity index (χ3v) is 5.57. The van der Waals surface area contributed by atoms with Gasteiger partial charge in [-0.15, -0.1) is 0 Å². The molecule has 0 radical (unpaired) electrons. The summed E-state index contributed by atoms with van der Waals surface area (Å²) in [5.41, 5.74) is 1.55. The van der Waals surface area contributed by atoms with Gasteiger partial charge in [0.1, 0.15) is 5.82 Å². The molecule has 1 aromatic heterocycles. The first-order valence-electron chi connectivity index (χ1n) is 9.29. The molecule has 1 aromatic carbocycles. The lowest BCUT2D eigenvalue weighted by molar-refractivity contribution is 0.0574. The Morgan fingerprint density at radius 1 is 1.07 bits per heavy atom. The molecule has 0 N–H and O–H groups in total. The Labute approximate surface area is 157 Å². The molecule has 3 aliphatic rings. The molecule has 3 fully saturated rings. The van der Waals surface area contributed by atoms with Gasteiger partial charge in [-0.1, -0.05) is 0 Å². The van der Waals surface area contributed by atoms with Gasteiger partial charge >= 0.3 is 0 Å². The van der Waals surface area contributed by atoms with Crippen LogP contribution in [0.1, 0.15) is 39.1 Å². The number of piperidine rings is 1. The number of aromatic nitrogens is 1. The first kappa shape index (κ1) is 17.6. The van der Waals surface area contributed by atoms with Gasteiger partial charge < -0.3 is 9.80 Å². The maximum absolute atomic E-state index is 13.5. The number of benzene rings is 1. The molecule has 4 heterocycles. The van der Waals surface area contributed by atoms with Crippen molar-refractivity contribution in [2.45, 2.75) is 25.8 Å². The smallest absolute Gasteiger partial charge is 0.255 e.